The van der Waals surface area contributed by atoms with Crippen LogP contribution in [0.4, 0.5) is 11.5 Å². The summed E-state index contributed by atoms with van der Waals surface area (Å²) in [6, 6.07) is 8.84. The third-order valence-electron chi connectivity index (χ3n) is 3.71. The van der Waals surface area contributed by atoms with Gasteiger partial charge in [0.2, 0.25) is 0 Å². The van der Waals surface area contributed by atoms with Crippen LogP contribution in [0, 0.1) is 10.1 Å². The number of nitrogens with zero attached hydrogens (tertiary/aromatic N) is 2. The lowest BCUT2D eigenvalue weighted by atomic mass is 10.1. The fourth-order valence-corrected chi connectivity index (χ4v) is 2.33. The van der Waals surface area contributed by atoms with Gasteiger partial charge in [0.1, 0.15) is 12.0 Å². The molecular weight excluding hydrogens is 334 g/mol. The van der Waals surface area contributed by atoms with Crippen LogP contribution in [0.3, 0.4) is 0 Å². The van der Waals surface area contributed by atoms with Gasteiger partial charge in [0.25, 0.3) is 5.69 Å². The maximum atomic E-state index is 10.7. The molecule has 0 unspecified atom stereocenters. The minimum atomic E-state index is -0.466. The summed E-state index contributed by atoms with van der Waals surface area (Å²) >= 11 is 0. The van der Waals surface area contributed by atoms with E-state index in [0.29, 0.717) is 19.0 Å². The molecule has 1 aromatic carbocycles. The number of benzene rings is 1. The zero-order chi connectivity index (χ0) is 18.9. The Morgan fingerprint density at radius 1 is 1.12 bits per heavy atom. The Balaban J connectivity index is 2.13. The number of anilines is 1. The molecular formula is C19H25N3O4. The van der Waals surface area contributed by atoms with Crippen molar-refractivity contribution < 1.29 is 14.4 Å². The number of nitrogens with one attached hydrogen (secondary N) is 1. The molecule has 140 valence electrons. The standard InChI is InChI=1S/C19H25N3O4/c1-4-10-25-17-8-6-15(12-18(17)26-11-5-2)14(3)21-19-9-7-16(13-20-19)22(23)24/h6-9,12-14H,4-5,10-11H2,1-3H3,(H,20,21)/t14-/m1/s1. The third kappa shape index (κ3) is 5.34. The average molecular weight is 359 g/mol. The first-order chi connectivity index (χ1) is 12.5. The lowest BCUT2D eigenvalue weighted by molar-refractivity contribution is -0.385. The van der Waals surface area contributed by atoms with E-state index in [1.165, 1.54) is 12.3 Å². The second-order valence-corrected chi connectivity index (χ2v) is 5.93. The van der Waals surface area contributed by atoms with Crippen molar-refractivity contribution in [2.75, 3.05) is 18.5 Å². The van der Waals surface area contributed by atoms with Gasteiger partial charge in [-0.2, -0.15) is 0 Å². The van der Waals surface area contributed by atoms with Crippen LogP contribution >= 0.6 is 0 Å². The molecule has 1 aromatic heterocycles. The molecule has 7 heteroatoms. The highest BCUT2D eigenvalue weighted by Crippen LogP contribution is 2.32. The Labute approximate surface area is 153 Å². The largest absolute Gasteiger partial charge is 0.490 e. The van der Waals surface area contributed by atoms with Crippen LogP contribution in [0.25, 0.3) is 0 Å². The lowest BCUT2D eigenvalue weighted by Crippen LogP contribution is -2.09. The summed E-state index contributed by atoms with van der Waals surface area (Å²) in [5, 5.41) is 13.9. The minimum absolute atomic E-state index is 0.0316. The number of hydrogen-bond acceptors (Lipinski definition) is 6. The van der Waals surface area contributed by atoms with Crippen molar-refractivity contribution in [3.8, 4) is 11.5 Å². The molecule has 0 saturated carbocycles. The fraction of sp³-hybridized carbons (Fsp3) is 0.421. The van der Waals surface area contributed by atoms with Crippen LogP contribution in [-0.2, 0) is 0 Å². The molecule has 1 atom stereocenters. The van der Waals surface area contributed by atoms with E-state index in [-0.39, 0.29) is 11.7 Å². The number of ether oxygens (including phenoxy) is 2. The van der Waals surface area contributed by atoms with Crippen molar-refractivity contribution in [1.29, 1.82) is 0 Å². The molecule has 0 fully saturated rings. The summed E-state index contributed by atoms with van der Waals surface area (Å²) in [5.41, 5.74) is 0.982. The van der Waals surface area contributed by atoms with Crippen LogP contribution in [0.15, 0.2) is 36.5 Å². The van der Waals surface area contributed by atoms with Crippen molar-refractivity contribution in [1.82, 2.24) is 4.98 Å². The first-order valence-corrected chi connectivity index (χ1v) is 8.81. The molecule has 7 nitrogen and oxygen atoms in total. The highest BCUT2D eigenvalue weighted by molar-refractivity contribution is 5.47. The highest BCUT2D eigenvalue weighted by Gasteiger charge is 2.13. The van der Waals surface area contributed by atoms with Crippen LogP contribution in [-0.4, -0.2) is 23.1 Å². The van der Waals surface area contributed by atoms with Crippen molar-refractivity contribution in [2.45, 2.75) is 39.7 Å². The Kier molecular flexibility index (Phi) is 7.20. The van der Waals surface area contributed by atoms with E-state index in [9.17, 15) is 10.1 Å². The smallest absolute Gasteiger partial charge is 0.287 e. The van der Waals surface area contributed by atoms with E-state index in [1.54, 1.807) is 6.07 Å². The molecule has 26 heavy (non-hydrogen) atoms. The lowest BCUT2D eigenvalue weighted by Gasteiger charge is -2.18. The molecule has 0 bridgehead atoms. The molecule has 0 saturated heterocycles. The Hall–Kier alpha value is -2.83. The molecule has 1 heterocycles. The molecule has 0 spiro atoms. The molecule has 0 aliphatic carbocycles. The average Bonchev–Trinajstić information content (AvgIpc) is 2.65. The Morgan fingerprint density at radius 2 is 1.81 bits per heavy atom. The third-order valence-corrected chi connectivity index (χ3v) is 3.71. The van der Waals surface area contributed by atoms with Gasteiger partial charge in [-0.15, -0.1) is 0 Å². The van der Waals surface area contributed by atoms with E-state index >= 15 is 0 Å². The quantitative estimate of drug-likeness (QED) is 0.487. The zero-order valence-corrected chi connectivity index (χ0v) is 15.4. The van der Waals surface area contributed by atoms with Gasteiger partial charge in [-0.25, -0.2) is 4.98 Å². The second kappa shape index (κ2) is 9.60. The van der Waals surface area contributed by atoms with E-state index in [0.717, 1.165) is 29.9 Å². The Morgan fingerprint density at radius 3 is 2.38 bits per heavy atom. The maximum absolute atomic E-state index is 10.7. The molecule has 1 N–H and O–H groups in total. The van der Waals surface area contributed by atoms with Gasteiger partial charge < -0.3 is 14.8 Å². The molecule has 2 rings (SSSR count). The molecule has 2 aromatic rings. The summed E-state index contributed by atoms with van der Waals surface area (Å²) in [6.07, 6.45) is 3.09. The normalized spacial score (nSPS) is 11.7. The van der Waals surface area contributed by atoms with Crippen LogP contribution < -0.4 is 14.8 Å². The summed E-state index contributed by atoms with van der Waals surface area (Å²) in [7, 11) is 0. The summed E-state index contributed by atoms with van der Waals surface area (Å²) < 4.78 is 11.6. The first-order valence-electron chi connectivity index (χ1n) is 8.81. The molecule has 0 radical (unpaired) electrons. The second-order valence-electron chi connectivity index (χ2n) is 5.93. The predicted octanol–water partition coefficient (Wildman–Crippen LogP) is 4.74. The van der Waals surface area contributed by atoms with Crippen molar-refractivity contribution in [3.05, 3.63) is 52.2 Å². The zero-order valence-electron chi connectivity index (χ0n) is 15.4. The van der Waals surface area contributed by atoms with Gasteiger partial charge >= 0.3 is 0 Å². The topological polar surface area (TPSA) is 86.5 Å². The highest BCUT2D eigenvalue weighted by atomic mass is 16.6. The van der Waals surface area contributed by atoms with Gasteiger partial charge in [0.05, 0.1) is 24.2 Å². The van der Waals surface area contributed by atoms with E-state index < -0.39 is 4.92 Å². The van der Waals surface area contributed by atoms with Crippen LogP contribution in [0.5, 0.6) is 11.5 Å². The number of aromatic nitrogens is 1. The molecule has 0 aliphatic rings. The van der Waals surface area contributed by atoms with Crippen LogP contribution in [0.2, 0.25) is 0 Å². The number of hydrogen-bond donors (Lipinski definition) is 1. The van der Waals surface area contributed by atoms with Crippen molar-refractivity contribution in [3.63, 3.8) is 0 Å². The van der Waals surface area contributed by atoms with Gasteiger partial charge in [-0.05, 0) is 43.5 Å². The number of pyridine rings is 1. The van der Waals surface area contributed by atoms with Gasteiger partial charge in [-0.1, -0.05) is 19.9 Å². The number of nitro groups is 1. The fourth-order valence-electron chi connectivity index (χ4n) is 2.33. The molecule has 0 amide bonds. The van der Waals surface area contributed by atoms with Crippen molar-refractivity contribution >= 4 is 11.5 Å². The minimum Gasteiger partial charge on any atom is -0.490 e. The van der Waals surface area contributed by atoms with Crippen molar-refractivity contribution in [2.24, 2.45) is 0 Å². The number of rotatable bonds is 10. The first kappa shape index (κ1) is 19.5. The maximum Gasteiger partial charge on any atom is 0.287 e. The SMILES string of the molecule is CCCOc1ccc([C@@H](C)Nc2ccc([N+](=O)[O-])cn2)cc1OCCC. The molecule has 0 aliphatic heterocycles. The van der Waals surface area contributed by atoms with Gasteiger partial charge in [0.15, 0.2) is 11.5 Å². The Bertz CT molecular complexity index is 719. The van der Waals surface area contributed by atoms with E-state index in [4.69, 9.17) is 9.47 Å². The summed E-state index contributed by atoms with van der Waals surface area (Å²) in [5.74, 6) is 2.04. The monoisotopic (exact) mass is 359 g/mol. The van der Waals surface area contributed by atoms with Crippen LogP contribution in [0.1, 0.15) is 45.2 Å². The van der Waals surface area contributed by atoms with E-state index in [1.807, 2.05) is 25.1 Å². The van der Waals surface area contributed by atoms with Gasteiger partial charge in [-0.3, -0.25) is 10.1 Å². The van der Waals surface area contributed by atoms with Gasteiger partial charge in [0, 0.05) is 6.07 Å². The predicted molar refractivity (Wildman–Crippen MR) is 101 cm³/mol. The van der Waals surface area contributed by atoms with E-state index in [2.05, 4.69) is 24.1 Å². The summed E-state index contributed by atoms with van der Waals surface area (Å²) in [4.78, 5) is 14.3. The summed E-state index contributed by atoms with van der Waals surface area (Å²) in [6.45, 7) is 7.37.